The van der Waals surface area contributed by atoms with Crippen LogP contribution < -0.4 is 10.1 Å². The average Bonchev–Trinajstić information content (AvgIpc) is 2.72. The van der Waals surface area contributed by atoms with Gasteiger partial charge < -0.3 is 14.8 Å². The minimum absolute atomic E-state index is 0.00349. The number of rotatable bonds is 9. The molecule has 0 radical (unpaired) electrons. The Hall–Kier alpha value is -2.69. The van der Waals surface area contributed by atoms with E-state index in [4.69, 9.17) is 9.47 Å². The molecule has 0 aliphatic heterocycles. The molecular weight excluding hydrogens is 336 g/mol. The molecule has 0 amide bonds. The summed E-state index contributed by atoms with van der Waals surface area (Å²) in [6.45, 7) is 4.06. The molecule has 140 valence electrons. The summed E-state index contributed by atoms with van der Waals surface area (Å²) in [7, 11) is 1.72. The van der Waals surface area contributed by atoms with Crippen molar-refractivity contribution in [2.75, 3.05) is 20.3 Å². The van der Waals surface area contributed by atoms with Crippen LogP contribution in [0.2, 0.25) is 0 Å². The standard InChI is InChI=1S/C23H26N2O2/c1-18-14-21(12-13-25-18)20-8-10-22(11-9-20)27-17-23(26-2)16-24-15-19-6-4-3-5-7-19/h3-14,23-24H,15-17H2,1-2H3. The molecule has 0 fully saturated rings. The van der Waals surface area contributed by atoms with Crippen molar-refractivity contribution >= 4 is 0 Å². The number of ether oxygens (including phenoxy) is 2. The van der Waals surface area contributed by atoms with Gasteiger partial charge in [0.25, 0.3) is 0 Å². The highest BCUT2D eigenvalue weighted by Crippen LogP contribution is 2.22. The fourth-order valence-electron chi connectivity index (χ4n) is 2.84. The molecule has 0 saturated heterocycles. The molecular formula is C23H26N2O2. The molecule has 3 aromatic rings. The van der Waals surface area contributed by atoms with E-state index >= 15 is 0 Å². The Morgan fingerprint density at radius 3 is 2.44 bits per heavy atom. The lowest BCUT2D eigenvalue weighted by Gasteiger charge is -2.17. The van der Waals surface area contributed by atoms with Gasteiger partial charge in [0.2, 0.25) is 0 Å². The Morgan fingerprint density at radius 2 is 1.74 bits per heavy atom. The van der Waals surface area contributed by atoms with Crippen LogP contribution in [0.1, 0.15) is 11.3 Å². The van der Waals surface area contributed by atoms with Gasteiger partial charge in [0.05, 0.1) is 0 Å². The second-order valence-corrected chi connectivity index (χ2v) is 6.50. The van der Waals surface area contributed by atoms with E-state index in [2.05, 4.69) is 40.6 Å². The van der Waals surface area contributed by atoms with Crippen LogP contribution in [-0.4, -0.2) is 31.3 Å². The first kappa shape index (κ1) is 19.1. The van der Waals surface area contributed by atoms with E-state index in [1.165, 1.54) is 5.56 Å². The summed E-state index contributed by atoms with van der Waals surface area (Å²) >= 11 is 0. The lowest BCUT2D eigenvalue weighted by atomic mass is 10.1. The Kier molecular flexibility index (Phi) is 6.97. The zero-order valence-corrected chi connectivity index (χ0v) is 15.9. The Bertz CT molecular complexity index is 819. The highest BCUT2D eigenvalue weighted by molar-refractivity contribution is 5.64. The van der Waals surface area contributed by atoms with Crippen molar-refractivity contribution < 1.29 is 9.47 Å². The molecule has 1 unspecified atom stereocenters. The van der Waals surface area contributed by atoms with Crippen LogP contribution in [0.3, 0.4) is 0 Å². The molecule has 1 atom stereocenters. The van der Waals surface area contributed by atoms with Gasteiger partial charge in [-0.2, -0.15) is 0 Å². The lowest BCUT2D eigenvalue weighted by Crippen LogP contribution is -2.32. The maximum Gasteiger partial charge on any atom is 0.119 e. The summed E-state index contributed by atoms with van der Waals surface area (Å²) in [5.41, 5.74) is 4.59. The molecule has 1 heterocycles. The smallest absolute Gasteiger partial charge is 0.119 e. The van der Waals surface area contributed by atoms with Crippen molar-refractivity contribution in [3.05, 3.63) is 84.2 Å². The molecule has 2 aromatic carbocycles. The lowest BCUT2D eigenvalue weighted by molar-refractivity contribution is 0.0579. The van der Waals surface area contributed by atoms with Crippen LogP contribution in [0.25, 0.3) is 11.1 Å². The molecule has 3 rings (SSSR count). The van der Waals surface area contributed by atoms with Gasteiger partial charge in [0, 0.05) is 32.1 Å². The zero-order valence-electron chi connectivity index (χ0n) is 15.9. The van der Waals surface area contributed by atoms with Gasteiger partial charge in [-0.05, 0) is 47.9 Å². The van der Waals surface area contributed by atoms with Crippen molar-refractivity contribution in [1.82, 2.24) is 10.3 Å². The molecule has 0 aliphatic carbocycles. The van der Waals surface area contributed by atoms with Gasteiger partial charge in [-0.25, -0.2) is 0 Å². The summed E-state index contributed by atoms with van der Waals surface area (Å²) in [5.74, 6) is 0.842. The fraction of sp³-hybridized carbons (Fsp3) is 0.261. The van der Waals surface area contributed by atoms with Crippen LogP contribution in [0.5, 0.6) is 5.75 Å². The topological polar surface area (TPSA) is 43.4 Å². The van der Waals surface area contributed by atoms with Crippen LogP contribution in [0, 0.1) is 6.92 Å². The Labute approximate surface area is 161 Å². The van der Waals surface area contributed by atoms with Gasteiger partial charge in [-0.15, -0.1) is 0 Å². The summed E-state index contributed by atoms with van der Waals surface area (Å²) in [6.07, 6.45) is 1.83. The minimum atomic E-state index is -0.00349. The second kappa shape index (κ2) is 9.86. The SMILES string of the molecule is COC(CNCc1ccccc1)COc1ccc(-c2ccnc(C)c2)cc1. The summed E-state index contributed by atoms with van der Waals surface area (Å²) in [5, 5.41) is 3.41. The molecule has 27 heavy (non-hydrogen) atoms. The number of nitrogens with zero attached hydrogens (tertiary/aromatic N) is 1. The van der Waals surface area contributed by atoms with E-state index in [1.54, 1.807) is 7.11 Å². The highest BCUT2D eigenvalue weighted by atomic mass is 16.5. The third-order valence-electron chi connectivity index (χ3n) is 4.40. The third-order valence-corrected chi connectivity index (χ3v) is 4.40. The fourth-order valence-corrected chi connectivity index (χ4v) is 2.84. The number of nitrogens with one attached hydrogen (secondary N) is 1. The first-order valence-corrected chi connectivity index (χ1v) is 9.18. The van der Waals surface area contributed by atoms with Crippen LogP contribution in [0.15, 0.2) is 72.9 Å². The quantitative estimate of drug-likeness (QED) is 0.618. The molecule has 4 nitrogen and oxygen atoms in total. The van der Waals surface area contributed by atoms with Gasteiger partial charge >= 0.3 is 0 Å². The van der Waals surface area contributed by atoms with Crippen LogP contribution >= 0.6 is 0 Å². The monoisotopic (exact) mass is 362 g/mol. The number of pyridine rings is 1. The zero-order chi connectivity index (χ0) is 18.9. The van der Waals surface area contributed by atoms with Crippen LogP contribution in [-0.2, 0) is 11.3 Å². The molecule has 1 aromatic heterocycles. The molecule has 0 spiro atoms. The van der Waals surface area contributed by atoms with Crippen molar-refractivity contribution in [1.29, 1.82) is 0 Å². The average molecular weight is 362 g/mol. The first-order valence-electron chi connectivity index (χ1n) is 9.18. The van der Waals surface area contributed by atoms with Crippen LogP contribution in [0.4, 0.5) is 0 Å². The summed E-state index contributed by atoms with van der Waals surface area (Å²) in [6, 6.07) is 22.6. The van der Waals surface area contributed by atoms with Crippen molar-refractivity contribution in [2.45, 2.75) is 19.6 Å². The van der Waals surface area contributed by atoms with Gasteiger partial charge in [-0.3, -0.25) is 4.98 Å². The Balaban J connectivity index is 1.48. The number of methoxy groups -OCH3 is 1. The first-order chi connectivity index (χ1) is 13.2. The van der Waals surface area contributed by atoms with E-state index in [9.17, 15) is 0 Å². The predicted octanol–water partition coefficient (Wildman–Crippen LogP) is 4.24. The van der Waals surface area contributed by atoms with E-state index in [-0.39, 0.29) is 6.10 Å². The molecule has 0 saturated carbocycles. The third kappa shape index (κ3) is 5.91. The molecule has 4 heteroatoms. The second-order valence-electron chi connectivity index (χ2n) is 6.50. The van der Waals surface area contributed by atoms with Crippen molar-refractivity contribution in [3.8, 4) is 16.9 Å². The van der Waals surface area contributed by atoms with E-state index < -0.39 is 0 Å². The number of hydrogen-bond donors (Lipinski definition) is 1. The maximum absolute atomic E-state index is 5.90. The van der Waals surface area contributed by atoms with E-state index in [1.807, 2.05) is 49.5 Å². The Morgan fingerprint density at radius 1 is 0.963 bits per heavy atom. The molecule has 0 aliphatic rings. The predicted molar refractivity (Wildman–Crippen MR) is 109 cm³/mol. The van der Waals surface area contributed by atoms with E-state index in [0.717, 1.165) is 35.7 Å². The van der Waals surface area contributed by atoms with Gasteiger partial charge in [0.15, 0.2) is 0 Å². The van der Waals surface area contributed by atoms with Gasteiger partial charge in [0.1, 0.15) is 18.5 Å². The highest BCUT2D eigenvalue weighted by Gasteiger charge is 2.08. The normalized spacial score (nSPS) is 11.9. The summed E-state index contributed by atoms with van der Waals surface area (Å²) in [4.78, 5) is 4.24. The maximum atomic E-state index is 5.90. The number of benzene rings is 2. The number of aryl methyl sites for hydroxylation is 1. The molecule has 1 N–H and O–H groups in total. The largest absolute Gasteiger partial charge is 0.491 e. The van der Waals surface area contributed by atoms with Gasteiger partial charge in [-0.1, -0.05) is 42.5 Å². The van der Waals surface area contributed by atoms with Crippen molar-refractivity contribution in [3.63, 3.8) is 0 Å². The van der Waals surface area contributed by atoms with Crippen molar-refractivity contribution in [2.24, 2.45) is 0 Å². The molecule has 0 bridgehead atoms. The minimum Gasteiger partial charge on any atom is -0.491 e. The number of hydrogen-bond acceptors (Lipinski definition) is 4. The summed E-state index contributed by atoms with van der Waals surface area (Å²) < 4.78 is 11.4. The number of aromatic nitrogens is 1. The van der Waals surface area contributed by atoms with E-state index in [0.29, 0.717) is 6.61 Å².